The highest BCUT2D eigenvalue weighted by Gasteiger charge is 2.39. The van der Waals surface area contributed by atoms with Crippen LogP contribution < -0.4 is 10.6 Å². The average Bonchev–Trinajstić information content (AvgIpc) is 3.38. The number of aliphatic hydroxyl groups excluding tert-OH is 1. The summed E-state index contributed by atoms with van der Waals surface area (Å²) in [7, 11) is -3.32. The molecule has 3 aromatic rings. The van der Waals surface area contributed by atoms with Crippen LogP contribution in [0.1, 0.15) is 12.2 Å². The second kappa shape index (κ2) is 11.0. The molecule has 220 valence electrons. The number of aryl methyl sites for hydroxylation is 1. The van der Waals surface area contributed by atoms with Gasteiger partial charge in [-0.3, -0.25) is 4.57 Å². The fraction of sp³-hybridized carbons (Fsp3) is 0.524. The molecule has 1 fully saturated rings. The van der Waals surface area contributed by atoms with Crippen molar-refractivity contribution in [2.24, 2.45) is 0 Å². The molecule has 11 nitrogen and oxygen atoms in total. The zero-order chi connectivity index (χ0) is 29.5. The van der Waals surface area contributed by atoms with Gasteiger partial charge in [0.2, 0.25) is 5.95 Å². The lowest BCUT2D eigenvalue weighted by molar-refractivity contribution is -0.207. The lowest BCUT2D eigenvalue weighted by atomic mass is 10.2. The fourth-order valence-electron chi connectivity index (χ4n) is 3.91. The molecular weight excluding hydrogens is 596 g/mol. The first-order valence-corrected chi connectivity index (χ1v) is 13.9. The molecule has 4 rings (SSSR count). The summed E-state index contributed by atoms with van der Waals surface area (Å²) >= 11 is 5.87. The van der Waals surface area contributed by atoms with Gasteiger partial charge in [0.05, 0.1) is 31.0 Å². The van der Waals surface area contributed by atoms with Crippen LogP contribution in [0.15, 0.2) is 29.1 Å². The van der Waals surface area contributed by atoms with Crippen LogP contribution in [0, 0.1) is 0 Å². The molecule has 40 heavy (non-hydrogen) atoms. The minimum Gasteiger partial charge on any atom is -0.382 e. The zero-order valence-electron chi connectivity index (χ0n) is 20.4. The smallest absolute Gasteiger partial charge is 0.382 e. The number of halogens is 7. The number of hydrogen-bond acceptors (Lipinski definition) is 8. The first-order chi connectivity index (χ1) is 18.5. The molecule has 0 amide bonds. The molecule has 1 unspecified atom stereocenters. The molecule has 1 aromatic carbocycles. The lowest BCUT2D eigenvalue weighted by Gasteiger charge is -2.27. The Bertz CT molecular complexity index is 1500. The maximum Gasteiger partial charge on any atom is 0.416 e. The standard InChI is InChI=1S/C21H22ClF6N7O4S/c22-14-3-1-13(2-4-14)17-31-35(19(37)33(17)11-15(36)21(26,27)28)12-16-29-18(32-7-9-40(38,39)10-8-32)34(30-16)6-5-20(23,24)25/h1-4,15,36H,5-12H2. The molecule has 19 heteroatoms. The van der Waals surface area contributed by atoms with Gasteiger partial charge in [0.15, 0.2) is 27.6 Å². The third-order valence-corrected chi connectivity index (χ3v) is 7.84. The second-order valence-corrected chi connectivity index (χ2v) is 11.7. The van der Waals surface area contributed by atoms with Gasteiger partial charge in [-0.05, 0) is 24.3 Å². The normalized spacial score (nSPS) is 16.9. The molecule has 2 aromatic heterocycles. The van der Waals surface area contributed by atoms with Crippen molar-refractivity contribution in [2.45, 2.75) is 44.5 Å². The van der Waals surface area contributed by atoms with E-state index in [9.17, 15) is 44.7 Å². The predicted molar refractivity (Wildman–Crippen MR) is 130 cm³/mol. The molecule has 1 N–H and O–H groups in total. The highest BCUT2D eigenvalue weighted by Crippen LogP contribution is 2.25. The van der Waals surface area contributed by atoms with Crippen LogP contribution in [0.5, 0.6) is 0 Å². The van der Waals surface area contributed by atoms with Crippen LogP contribution in [0.2, 0.25) is 5.02 Å². The molecule has 3 heterocycles. The van der Waals surface area contributed by atoms with E-state index < -0.39 is 60.0 Å². The summed E-state index contributed by atoms with van der Waals surface area (Å²) in [5.74, 6) is -0.958. The van der Waals surface area contributed by atoms with Crippen LogP contribution in [0.25, 0.3) is 11.4 Å². The largest absolute Gasteiger partial charge is 0.416 e. The molecule has 0 spiro atoms. The van der Waals surface area contributed by atoms with Crippen molar-refractivity contribution < 1.29 is 39.9 Å². The monoisotopic (exact) mass is 617 g/mol. The first-order valence-electron chi connectivity index (χ1n) is 11.7. The Morgan fingerprint density at radius 1 is 1.00 bits per heavy atom. The lowest BCUT2D eigenvalue weighted by Crippen LogP contribution is -2.41. The van der Waals surface area contributed by atoms with E-state index >= 15 is 0 Å². The molecule has 1 atom stereocenters. The van der Waals surface area contributed by atoms with Gasteiger partial charge in [-0.25, -0.2) is 22.6 Å². The van der Waals surface area contributed by atoms with E-state index in [1.54, 1.807) is 0 Å². The van der Waals surface area contributed by atoms with E-state index in [-0.39, 0.29) is 47.8 Å². The number of alkyl halides is 6. The second-order valence-electron chi connectivity index (χ2n) is 8.99. The molecule has 1 aliphatic heterocycles. The maximum atomic E-state index is 13.1. The molecular formula is C21H22ClF6N7O4S. The molecule has 0 aliphatic carbocycles. The number of nitrogens with zero attached hydrogens (tertiary/aromatic N) is 7. The van der Waals surface area contributed by atoms with E-state index in [0.717, 1.165) is 9.36 Å². The van der Waals surface area contributed by atoms with E-state index in [2.05, 4.69) is 15.2 Å². The zero-order valence-corrected chi connectivity index (χ0v) is 22.0. The average molecular weight is 618 g/mol. The van der Waals surface area contributed by atoms with Gasteiger partial charge in [-0.2, -0.15) is 36.4 Å². The predicted octanol–water partition coefficient (Wildman–Crippen LogP) is 2.12. The van der Waals surface area contributed by atoms with Gasteiger partial charge in [-0.15, -0.1) is 5.10 Å². The fourth-order valence-corrected chi connectivity index (χ4v) is 5.23. The first kappa shape index (κ1) is 29.9. The van der Waals surface area contributed by atoms with Crippen LogP contribution in [-0.4, -0.2) is 85.7 Å². The summed E-state index contributed by atoms with van der Waals surface area (Å²) in [4.78, 5) is 18.7. The Balaban J connectivity index is 1.70. The van der Waals surface area contributed by atoms with Crippen molar-refractivity contribution in [3.63, 3.8) is 0 Å². The SMILES string of the molecule is O=c1n(Cc2nc(N3CCS(=O)(=O)CC3)n(CCC(F)(F)F)n2)nc(-c2ccc(Cl)cc2)n1CC(O)C(F)(F)F. The van der Waals surface area contributed by atoms with Crippen LogP contribution in [0.3, 0.4) is 0 Å². The summed E-state index contributed by atoms with van der Waals surface area (Å²) in [5, 5.41) is 18.0. The highest BCUT2D eigenvalue weighted by molar-refractivity contribution is 7.91. The Kier molecular flexibility index (Phi) is 8.24. The molecule has 1 saturated heterocycles. The Morgan fingerprint density at radius 3 is 2.20 bits per heavy atom. The molecule has 1 aliphatic rings. The minimum absolute atomic E-state index is 0.0445. The number of hydrogen-bond donors (Lipinski definition) is 1. The van der Waals surface area contributed by atoms with Crippen molar-refractivity contribution in [1.29, 1.82) is 0 Å². The third kappa shape index (κ3) is 7.14. The minimum atomic E-state index is -5.03. The van der Waals surface area contributed by atoms with E-state index in [1.165, 1.54) is 29.2 Å². The van der Waals surface area contributed by atoms with Gasteiger partial charge in [0.1, 0.15) is 6.54 Å². The molecule has 0 saturated carbocycles. The topological polar surface area (TPSA) is 128 Å². The van der Waals surface area contributed by atoms with Crippen molar-refractivity contribution in [3.8, 4) is 11.4 Å². The highest BCUT2D eigenvalue weighted by atomic mass is 35.5. The van der Waals surface area contributed by atoms with Crippen LogP contribution in [0.4, 0.5) is 32.3 Å². The van der Waals surface area contributed by atoms with E-state index in [4.69, 9.17) is 11.6 Å². The number of rotatable bonds is 8. The van der Waals surface area contributed by atoms with Crippen LogP contribution in [-0.2, 0) is 29.5 Å². The summed E-state index contributed by atoms with van der Waals surface area (Å²) in [6.45, 7) is -2.45. The van der Waals surface area contributed by atoms with Gasteiger partial charge in [0.25, 0.3) is 0 Å². The number of sulfone groups is 1. The molecule has 0 bridgehead atoms. The van der Waals surface area contributed by atoms with Crippen molar-refractivity contribution in [1.82, 2.24) is 29.1 Å². The van der Waals surface area contributed by atoms with Gasteiger partial charge in [-0.1, -0.05) is 11.6 Å². The number of anilines is 1. The van der Waals surface area contributed by atoms with Crippen molar-refractivity contribution in [2.75, 3.05) is 29.5 Å². The summed E-state index contributed by atoms with van der Waals surface area (Å²) < 4.78 is 104. The quantitative estimate of drug-likeness (QED) is 0.381. The van der Waals surface area contributed by atoms with Gasteiger partial charge in [0, 0.05) is 23.7 Å². The summed E-state index contributed by atoms with van der Waals surface area (Å²) in [6.07, 6.45) is -13.7. The third-order valence-electron chi connectivity index (χ3n) is 5.98. The maximum absolute atomic E-state index is 13.1. The van der Waals surface area contributed by atoms with Gasteiger partial charge >= 0.3 is 18.0 Å². The summed E-state index contributed by atoms with van der Waals surface area (Å²) in [6, 6.07) is 5.63. The number of benzene rings is 1. The molecule has 0 radical (unpaired) electrons. The van der Waals surface area contributed by atoms with E-state index in [0.29, 0.717) is 9.59 Å². The van der Waals surface area contributed by atoms with Crippen LogP contribution >= 0.6 is 11.6 Å². The Hall–Kier alpha value is -3.12. The summed E-state index contributed by atoms with van der Waals surface area (Å²) in [5.41, 5.74) is -0.862. The van der Waals surface area contributed by atoms with Gasteiger partial charge < -0.3 is 10.0 Å². The Morgan fingerprint density at radius 2 is 1.62 bits per heavy atom. The van der Waals surface area contributed by atoms with E-state index in [1.807, 2.05) is 0 Å². The van der Waals surface area contributed by atoms with Crippen molar-refractivity contribution >= 4 is 27.4 Å². The number of aliphatic hydroxyl groups is 1. The Labute approximate surface area is 227 Å². The number of aromatic nitrogens is 6. The van der Waals surface area contributed by atoms with Crippen molar-refractivity contribution in [3.05, 3.63) is 45.6 Å².